The average Bonchev–Trinajstić information content (AvgIpc) is 3.31. The molecule has 0 aliphatic heterocycles. The summed E-state index contributed by atoms with van der Waals surface area (Å²) in [6, 6.07) is 6.61. The number of fused-ring (bicyclic) bond motifs is 1. The number of anilines is 1. The predicted molar refractivity (Wildman–Crippen MR) is 106 cm³/mol. The summed E-state index contributed by atoms with van der Waals surface area (Å²) in [5, 5.41) is 9.56. The minimum Gasteiger partial charge on any atom is -0.297 e. The Bertz CT molecular complexity index is 931. The van der Waals surface area contributed by atoms with Gasteiger partial charge in [-0.05, 0) is 60.8 Å². The van der Waals surface area contributed by atoms with Gasteiger partial charge in [0.05, 0.1) is 11.4 Å². The molecule has 0 unspecified atom stereocenters. The van der Waals surface area contributed by atoms with Crippen LogP contribution in [0, 0.1) is 0 Å². The number of hydrogen-bond donors (Lipinski definition) is 1. The first-order valence-electron chi connectivity index (χ1n) is 8.95. The van der Waals surface area contributed by atoms with Crippen molar-refractivity contribution in [3.8, 4) is 11.3 Å². The van der Waals surface area contributed by atoms with E-state index in [1.807, 2.05) is 5.38 Å². The van der Waals surface area contributed by atoms with Crippen LogP contribution in [0.3, 0.4) is 0 Å². The smallest absolute Gasteiger partial charge is 0.271 e. The van der Waals surface area contributed by atoms with Gasteiger partial charge in [-0.25, -0.2) is 4.98 Å². The first-order valence-corrected chi connectivity index (χ1v) is 10.6. The van der Waals surface area contributed by atoms with Crippen LogP contribution < -0.4 is 5.32 Å². The van der Waals surface area contributed by atoms with Crippen molar-refractivity contribution in [2.24, 2.45) is 0 Å². The summed E-state index contributed by atoms with van der Waals surface area (Å²) in [6.07, 6.45) is 6.57. The highest BCUT2D eigenvalue weighted by Gasteiger charge is 2.18. The van der Waals surface area contributed by atoms with E-state index in [2.05, 4.69) is 45.0 Å². The Morgan fingerprint density at radius 2 is 2.08 bits per heavy atom. The Kier molecular flexibility index (Phi) is 5.08. The van der Waals surface area contributed by atoms with Crippen molar-refractivity contribution in [2.45, 2.75) is 45.4 Å². The van der Waals surface area contributed by atoms with Crippen LogP contribution in [-0.2, 0) is 19.3 Å². The van der Waals surface area contributed by atoms with Crippen LogP contribution in [-0.4, -0.2) is 20.5 Å². The maximum Gasteiger partial charge on any atom is 0.271 e. The molecule has 1 N–H and O–H groups in total. The summed E-state index contributed by atoms with van der Waals surface area (Å²) >= 11 is 2.59. The van der Waals surface area contributed by atoms with Crippen molar-refractivity contribution in [3.05, 3.63) is 45.3 Å². The van der Waals surface area contributed by atoms with Gasteiger partial charge in [0.1, 0.15) is 4.88 Å². The maximum atomic E-state index is 12.5. The van der Waals surface area contributed by atoms with Gasteiger partial charge in [-0.2, -0.15) is 0 Å². The average molecular weight is 385 g/mol. The van der Waals surface area contributed by atoms with E-state index >= 15 is 0 Å². The predicted octanol–water partition coefficient (Wildman–Crippen LogP) is 4.75. The third-order valence-electron chi connectivity index (χ3n) is 4.62. The molecule has 0 fully saturated rings. The number of amides is 1. The van der Waals surface area contributed by atoms with E-state index in [1.165, 1.54) is 41.7 Å². The van der Waals surface area contributed by atoms with Crippen LogP contribution in [0.1, 0.15) is 52.7 Å². The molecule has 1 amide bonds. The van der Waals surface area contributed by atoms with Crippen LogP contribution in [0.2, 0.25) is 0 Å². The lowest BCUT2D eigenvalue weighted by Crippen LogP contribution is -2.12. The number of nitrogens with zero attached hydrogens (tertiary/aromatic N) is 3. The molecule has 5 nitrogen and oxygen atoms in total. The van der Waals surface area contributed by atoms with Gasteiger partial charge in [0, 0.05) is 10.9 Å². The number of aromatic nitrogens is 3. The summed E-state index contributed by atoms with van der Waals surface area (Å²) in [7, 11) is 0. The second kappa shape index (κ2) is 7.63. The van der Waals surface area contributed by atoms with E-state index in [-0.39, 0.29) is 5.91 Å². The Labute approximate surface area is 160 Å². The highest BCUT2D eigenvalue weighted by molar-refractivity contribution is 7.14. The molecule has 1 aliphatic carbocycles. The van der Waals surface area contributed by atoms with Crippen LogP contribution in [0.4, 0.5) is 5.13 Å². The maximum absolute atomic E-state index is 12.5. The Hall–Kier alpha value is -2.12. The lowest BCUT2D eigenvalue weighted by atomic mass is 9.90. The zero-order valence-corrected chi connectivity index (χ0v) is 16.3. The molecule has 1 aliphatic rings. The van der Waals surface area contributed by atoms with Crippen molar-refractivity contribution in [1.82, 2.24) is 14.6 Å². The number of aryl methyl sites for hydroxylation is 3. The SMILES string of the molecule is CCCc1nnsc1C(=O)Nc1nc(-c2ccc3c(c2)CCCC3)cs1. The van der Waals surface area contributed by atoms with Gasteiger partial charge in [0.2, 0.25) is 0 Å². The van der Waals surface area contributed by atoms with Crippen LogP contribution in [0.15, 0.2) is 23.6 Å². The molecule has 0 bridgehead atoms. The number of benzene rings is 1. The van der Waals surface area contributed by atoms with E-state index in [9.17, 15) is 4.79 Å². The van der Waals surface area contributed by atoms with E-state index in [4.69, 9.17) is 0 Å². The number of rotatable bonds is 5. The quantitative estimate of drug-likeness (QED) is 0.689. The highest BCUT2D eigenvalue weighted by atomic mass is 32.1. The summed E-state index contributed by atoms with van der Waals surface area (Å²) in [5.74, 6) is -0.171. The lowest BCUT2D eigenvalue weighted by molar-refractivity contribution is 0.102. The van der Waals surface area contributed by atoms with Gasteiger partial charge < -0.3 is 0 Å². The van der Waals surface area contributed by atoms with Crippen molar-refractivity contribution >= 4 is 33.9 Å². The molecule has 0 radical (unpaired) electrons. The third kappa shape index (κ3) is 3.54. The molecule has 7 heteroatoms. The number of carbonyl (C=O) groups excluding carboxylic acids is 1. The molecule has 0 atom stereocenters. The number of carbonyl (C=O) groups is 1. The molecule has 2 heterocycles. The normalized spacial score (nSPS) is 13.4. The molecule has 134 valence electrons. The van der Waals surface area contributed by atoms with Crippen molar-refractivity contribution in [3.63, 3.8) is 0 Å². The lowest BCUT2D eigenvalue weighted by Gasteiger charge is -2.16. The summed E-state index contributed by atoms with van der Waals surface area (Å²) in [4.78, 5) is 17.7. The fraction of sp³-hybridized carbons (Fsp3) is 0.368. The van der Waals surface area contributed by atoms with E-state index in [1.54, 1.807) is 0 Å². The van der Waals surface area contributed by atoms with Gasteiger partial charge in [-0.3, -0.25) is 10.1 Å². The molecular formula is C19H20N4OS2. The zero-order valence-electron chi connectivity index (χ0n) is 14.6. The van der Waals surface area contributed by atoms with Gasteiger partial charge in [-0.15, -0.1) is 16.4 Å². The largest absolute Gasteiger partial charge is 0.297 e. The second-order valence-corrected chi connectivity index (χ2v) is 8.09. The molecule has 4 rings (SSSR count). The number of nitrogens with one attached hydrogen (secondary N) is 1. The first kappa shape index (κ1) is 17.3. The first-order chi connectivity index (χ1) is 12.7. The Morgan fingerprint density at radius 1 is 1.23 bits per heavy atom. The van der Waals surface area contributed by atoms with Gasteiger partial charge in [0.25, 0.3) is 5.91 Å². The van der Waals surface area contributed by atoms with Crippen LogP contribution >= 0.6 is 22.9 Å². The number of hydrogen-bond acceptors (Lipinski definition) is 6. The summed E-state index contributed by atoms with van der Waals surface area (Å²) in [5.41, 5.74) is 5.70. The van der Waals surface area contributed by atoms with Gasteiger partial charge in [-0.1, -0.05) is 30.0 Å². The van der Waals surface area contributed by atoms with Gasteiger partial charge in [0.15, 0.2) is 5.13 Å². The third-order valence-corrected chi connectivity index (χ3v) is 6.14. The number of thiazole rings is 1. The molecule has 0 saturated carbocycles. The Morgan fingerprint density at radius 3 is 2.92 bits per heavy atom. The minimum atomic E-state index is -0.171. The summed E-state index contributed by atoms with van der Waals surface area (Å²) < 4.78 is 3.91. The van der Waals surface area contributed by atoms with Gasteiger partial charge >= 0.3 is 0 Å². The second-order valence-electron chi connectivity index (χ2n) is 6.48. The van der Waals surface area contributed by atoms with Crippen LogP contribution in [0.25, 0.3) is 11.3 Å². The summed E-state index contributed by atoms with van der Waals surface area (Å²) in [6.45, 7) is 2.06. The molecule has 3 aromatic rings. The molecular weight excluding hydrogens is 364 g/mol. The monoisotopic (exact) mass is 384 g/mol. The van der Waals surface area contributed by atoms with E-state index in [0.29, 0.717) is 10.0 Å². The fourth-order valence-corrected chi connectivity index (χ4v) is 4.61. The zero-order chi connectivity index (χ0) is 17.9. The molecule has 0 spiro atoms. The molecule has 0 saturated heterocycles. The Balaban J connectivity index is 1.51. The molecule has 1 aromatic carbocycles. The molecule has 26 heavy (non-hydrogen) atoms. The topological polar surface area (TPSA) is 67.8 Å². The standard InChI is InChI=1S/C19H20N4OS2/c1-2-5-15-17(26-23-22-15)18(24)21-19-20-16(11-25-19)14-9-8-12-6-3-4-7-13(12)10-14/h8-11H,2-7H2,1H3,(H,20,21,24). The van der Waals surface area contributed by atoms with Crippen molar-refractivity contribution < 1.29 is 4.79 Å². The van der Waals surface area contributed by atoms with E-state index < -0.39 is 0 Å². The van der Waals surface area contributed by atoms with E-state index in [0.717, 1.165) is 47.7 Å². The fourth-order valence-electron chi connectivity index (χ4n) is 3.29. The van der Waals surface area contributed by atoms with Crippen molar-refractivity contribution in [1.29, 1.82) is 0 Å². The molecule has 2 aromatic heterocycles. The van der Waals surface area contributed by atoms with Crippen LogP contribution in [0.5, 0.6) is 0 Å². The highest BCUT2D eigenvalue weighted by Crippen LogP contribution is 2.30. The minimum absolute atomic E-state index is 0.171. The van der Waals surface area contributed by atoms with Crippen molar-refractivity contribution in [2.75, 3.05) is 5.32 Å².